The third-order valence-corrected chi connectivity index (χ3v) is 6.15. The molecule has 0 unspecified atom stereocenters. The van der Waals surface area contributed by atoms with E-state index in [4.69, 9.17) is 0 Å². The van der Waals surface area contributed by atoms with Crippen molar-refractivity contribution in [2.24, 2.45) is 5.92 Å². The van der Waals surface area contributed by atoms with Crippen LogP contribution in [0.5, 0.6) is 0 Å². The predicted octanol–water partition coefficient (Wildman–Crippen LogP) is 4.16. The summed E-state index contributed by atoms with van der Waals surface area (Å²) in [6.45, 7) is 7.50. The van der Waals surface area contributed by atoms with E-state index in [0.29, 0.717) is 17.3 Å². The zero-order valence-corrected chi connectivity index (χ0v) is 19.1. The van der Waals surface area contributed by atoms with Crippen LogP contribution in [-0.4, -0.2) is 48.3 Å². The Hall–Kier alpha value is -3.42. The Bertz CT molecular complexity index is 1030. The van der Waals surface area contributed by atoms with Gasteiger partial charge >= 0.3 is 0 Å². The molecule has 170 valence electrons. The van der Waals surface area contributed by atoms with Crippen molar-refractivity contribution >= 4 is 28.9 Å². The topological polar surface area (TPSA) is 95.8 Å². The molecule has 0 saturated carbocycles. The van der Waals surface area contributed by atoms with Crippen LogP contribution in [0.25, 0.3) is 0 Å². The van der Waals surface area contributed by atoms with E-state index in [1.807, 2.05) is 32.0 Å². The number of nitro benzene ring substituents is 1. The van der Waals surface area contributed by atoms with Gasteiger partial charge in [0.15, 0.2) is 0 Å². The lowest BCUT2D eigenvalue weighted by atomic mass is 9.97. The molecule has 2 aromatic rings. The number of benzene rings is 2. The minimum Gasteiger partial charge on any atom is -0.371 e. The number of aryl methyl sites for hydroxylation is 1. The fraction of sp³-hybridized carbons (Fsp3) is 0.417. The molecule has 1 fully saturated rings. The Labute approximate surface area is 188 Å². The molecular formula is C24H30N4O4. The highest BCUT2D eigenvalue weighted by atomic mass is 16.6. The second-order valence-corrected chi connectivity index (χ2v) is 8.58. The first-order chi connectivity index (χ1) is 15.2. The molecule has 0 atom stereocenters. The van der Waals surface area contributed by atoms with Crippen molar-refractivity contribution in [3.8, 4) is 0 Å². The summed E-state index contributed by atoms with van der Waals surface area (Å²) in [4.78, 5) is 40.1. The highest BCUT2D eigenvalue weighted by Gasteiger charge is 2.26. The molecule has 8 nitrogen and oxygen atoms in total. The highest BCUT2D eigenvalue weighted by molar-refractivity contribution is 6.03. The van der Waals surface area contributed by atoms with Gasteiger partial charge in [-0.25, -0.2) is 0 Å². The smallest absolute Gasteiger partial charge is 0.270 e. The van der Waals surface area contributed by atoms with Crippen LogP contribution in [0.2, 0.25) is 0 Å². The lowest BCUT2D eigenvalue weighted by Gasteiger charge is -2.33. The van der Waals surface area contributed by atoms with Gasteiger partial charge in [-0.3, -0.25) is 19.7 Å². The summed E-state index contributed by atoms with van der Waals surface area (Å²) in [5.74, 6) is -0.133. The number of rotatable bonds is 6. The monoisotopic (exact) mass is 438 g/mol. The normalized spacial score (nSPS) is 14.2. The molecule has 1 N–H and O–H groups in total. The molecule has 2 amide bonds. The van der Waals surface area contributed by atoms with Crippen molar-refractivity contribution in [2.45, 2.75) is 33.6 Å². The molecule has 0 radical (unpaired) electrons. The van der Waals surface area contributed by atoms with Crippen LogP contribution in [0.4, 0.5) is 17.1 Å². The maximum Gasteiger partial charge on any atom is 0.270 e. The van der Waals surface area contributed by atoms with Gasteiger partial charge in [0, 0.05) is 38.0 Å². The quantitative estimate of drug-likeness (QED) is 0.540. The van der Waals surface area contributed by atoms with Crippen LogP contribution in [0, 0.1) is 29.9 Å². The number of amides is 2. The second kappa shape index (κ2) is 9.80. The van der Waals surface area contributed by atoms with E-state index in [1.165, 1.54) is 24.1 Å². The number of likely N-dealkylation sites (N-methyl/N-ethyl adjacent to an activating group) is 1. The highest BCUT2D eigenvalue weighted by Crippen LogP contribution is 2.30. The molecule has 1 saturated heterocycles. The van der Waals surface area contributed by atoms with Crippen molar-refractivity contribution in [1.82, 2.24) is 4.90 Å². The number of nitrogens with zero attached hydrogens (tertiary/aromatic N) is 3. The zero-order chi connectivity index (χ0) is 23.4. The summed E-state index contributed by atoms with van der Waals surface area (Å²) in [6, 6.07) is 10.0. The van der Waals surface area contributed by atoms with Gasteiger partial charge in [-0.15, -0.1) is 0 Å². The van der Waals surface area contributed by atoms with Crippen LogP contribution < -0.4 is 10.2 Å². The molecule has 0 bridgehead atoms. The van der Waals surface area contributed by atoms with Crippen molar-refractivity contribution in [1.29, 1.82) is 0 Å². The van der Waals surface area contributed by atoms with E-state index in [-0.39, 0.29) is 23.7 Å². The third kappa shape index (κ3) is 5.25. The SMILES string of the molecule is Cc1cccc(NC(=O)CN(C)C(=O)c2cc([N+](=O)[O-])ccc2N2CCC(C)CC2)c1C. The van der Waals surface area contributed by atoms with Crippen LogP contribution >= 0.6 is 0 Å². The van der Waals surface area contributed by atoms with Gasteiger partial charge in [-0.1, -0.05) is 19.1 Å². The summed E-state index contributed by atoms with van der Waals surface area (Å²) < 4.78 is 0. The number of piperidine rings is 1. The van der Waals surface area contributed by atoms with E-state index in [2.05, 4.69) is 17.1 Å². The van der Waals surface area contributed by atoms with Gasteiger partial charge in [0.2, 0.25) is 5.91 Å². The average Bonchev–Trinajstić information content (AvgIpc) is 2.76. The minimum atomic E-state index is -0.508. The van der Waals surface area contributed by atoms with Crippen molar-refractivity contribution in [3.63, 3.8) is 0 Å². The Balaban J connectivity index is 1.80. The van der Waals surface area contributed by atoms with E-state index < -0.39 is 10.8 Å². The van der Waals surface area contributed by atoms with Crippen molar-refractivity contribution < 1.29 is 14.5 Å². The number of anilines is 2. The van der Waals surface area contributed by atoms with Crippen LogP contribution in [0.15, 0.2) is 36.4 Å². The fourth-order valence-electron chi connectivity index (χ4n) is 3.90. The van der Waals surface area contributed by atoms with Gasteiger partial charge in [0.1, 0.15) is 0 Å². The Morgan fingerprint density at radius 2 is 1.88 bits per heavy atom. The number of non-ortho nitro benzene ring substituents is 1. The number of nitro groups is 1. The molecule has 2 aromatic carbocycles. The maximum atomic E-state index is 13.3. The van der Waals surface area contributed by atoms with E-state index >= 15 is 0 Å². The Morgan fingerprint density at radius 3 is 2.53 bits per heavy atom. The molecule has 1 heterocycles. The molecule has 0 aliphatic carbocycles. The van der Waals surface area contributed by atoms with Crippen molar-refractivity contribution in [2.75, 3.05) is 36.9 Å². The van der Waals surface area contributed by atoms with Crippen LogP contribution in [-0.2, 0) is 4.79 Å². The summed E-state index contributed by atoms with van der Waals surface area (Å²) in [5.41, 5.74) is 3.51. The standard InChI is InChI=1S/C24H30N4O4/c1-16-10-12-27(13-11-16)22-9-8-19(28(31)32)14-20(22)24(30)26(4)15-23(29)25-21-7-5-6-17(2)18(21)3/h5-9,14,16H,10-13,15H2,1-4H3,(H,25,29). The summed E-state index contributed by atoms with van der Waals surface area (Å²) in [6.07, 6.45) is 2.00. The number of carbonyl (C=O) groups is 2. The molecular weight excluding hydrogens is 408 g/mol. The molecule has 1 aliphatic heterocycles. The number of hydrogen-bond donors (Lipinski definition) is 1. The average molecular weight is 439 g/mol. The lowest BCUT2D eigenvalue weighted by molar-refractivity contribution is -0.384. The molecule has 0 aromatic heterocycles. The lowest BCUT2D eigenvalue weighted by Crippen LogP contribution is -2.38. The van der Waals surface area contributed by atoms with E-state index in [9.17, 15) is 19.7 Å². The Morgan fingerprint density at radius 1 is 1.19 bits per heavy atom. The summed E-state index contributed by atoms with van der Waals surface area (Å²) in [7, 11) is 1.53. The molecule has 8 heteroatoms. The van der Waals surface area contributed by atoms with Crippen LogP contribution in [0.1, 0.15) is 41.3 Å². The maximum absolute atomic E-state index is 13.3. The van der Waals surface area contributed by atoms with Gasteiger partial charge in [0.25, 0.3) is 11.6 Å². The first-order valence-electron chi connectivity index (χ1n) is 10.8. The van der Waals surface area contributed by atoms with E-state index in [1.54, 1.807) is 6.07 Å². The summed E-state index contributed by atoms with van der Waals surface area (Å²) >= 11 is 0. The predicted molar refractivity (Wildman–Crippen MR) is 125 cm³/mol. The van der Waals surface area contributed by atoms with E-state index in [0.717, 1.165) is 37.1 Å². The molecule has 1 aliphatic rings. The number of nitrogens with one attached hydrogen (secondary N) is 1. The van der Waals surface area contributed by atoms with Gasteiger partial charge < -0.3 is 15.1 Å². The minimum absolute atomic E-state index is 0.143. The largest absolute Gasteiger partial charge is 0.371 e. The number of hydrogen-bond acceptors (Lipinski definition) is 5. The van der Waals surface area contributed by atoms with Gasteiger partial charge in [0.05, 0.1) is 22.7 Å². The Kier molecular flexibility index (Phi) is 7.12. The zero-order valence-electron chi connectivity index (χ0n) is 19.1. The molecule has 3 rings (SSSR count). The fourth-order valence-corrected chi connectivity index (χ4v) is 3.90. The first-order valence-corrected chi connectivity index (χ1v) is 10.8. The molecule has 32 heavy (non-hydrogen) atoms. The third-order valence-electron chi connectivity index (χ3n) is 6.15. The number of carbonyl (C=O) groups excluding carboxylic acids is 2. The van der Waals surface area contributed by atoms with Gasteiger partial charge in [-0.2, -0.15) is 0 Å². The molecule has 0 spiro atoms. The van der Waals surface area contributed by atoms with Crippen LogP contribution in [0.3, 0.4) is 0 Å². The first kappa shape index (κ1) is 23.2. The van der Waals surface area contributed by atoms with Crippen molar-refractivity contribution in [3.05, 3.63) is 63.2 Å². The summed E-state index contributed by atoms with van der Waals surface area (Å²) in [5, 5.41) is 14.2. The second-order valence-electron chi connectivity index (χ2n) is 8.58. The van der Waals surface area contributed by atoms with Gasteiger partial charge in [-0.05, 0) is 55.9 Å².